The molecule has 0 aromatic heterocycles. The molecule has 1 rings (SSSR count). The van der Waals surface area contributed by atoms with Gasteiger partial charge in [-0.3, -0.25) is 4.18 Å². The first kappa shape index (κ1) is 22.5. The fourth-order valence-electron chi connectivity index (χ4n) is 1.29. The SMILES string of the molecule is O=C([O-])[C@H]1O[C@H](O)[C@H](OS(=O)(=O)[O-])[C@@H](O)[C@H]1O.[Na+].[Na+]. The summed E-state index contributed by atoms with van der Waals surface area (Å²) in [4.78, 5) is 10.4. The van der Waals surface area contributed by atoms with Crippen LogP contribution in [0.1, 0.15) is 0 Å². The molecule has 1 heterocycles. The zero-order valence-corrected chi connectivity index (χ0v) is 14.8. The van der Waals surface area contributed by atoms with Crippen LogP contribution < -0.4 is 64.2 Å². The largest absolute Gasteiger partial charge is 1.00 e. The second-order valence-corrected chi connectivity index (χ2v) is 4.23. The van der Waals surface area contributed by atoms with Crippen molar-refractivity contribution in [1.82, 2.24) is 0 Å². The molecule has 0 amide bonds. The number of carboxylic acid groups (broad SMARTS) is 1. The number of carbonyl (C=O) groups excluding carboxylic acids is 1. The van der Waals surface area contributed by atoms with Crippen molar-refractivity contribution in [2.45, 2.75) is 30.7 Å². The Hall–Kier alpha value is 1.18. The molecular weight excluding hydrogens is 310 g/mol. The summed E-state index contributed by atoms with van der Waals surface area (Å²) < 4.78 is 38.7. The number of aliphatic hydroxyl groups is 3. The predicted octanol–water partition coefficient (Wildman–Crippen LogP) is -11.0. The van der Waals surface area contributed by atoms with Gasteiger partial charge >= 0.3 is 59.1 Å². The third-order valence-corrected chi connectivity index (χ3v) is 2.48. The fraction of sp³-hybridized carbons (Fsp3) is 0.833. The van der Waals surface area contributed by atoms with Crippen molar-refractivity contribution in [3.63, 3.8) is 0 Å². The Bertz CT molecular complexity index is 399. The summed E-state index contributed by atoms with van der Waals surface area (Å²) in [5.41, 5.74) is 0. The Morgan fingerprint density at radius 3 is 2.00 bits per heavy atom. The molecule has 1 saturated heterocycles. The first-order valence-corrected chi connectivity index (χ1v) is 5.51. The zero-order chi connectivity index (χ0) is 13.4. The minimum atomic E-state index is -5.27. The summed E-state index contributed by atoms with van der Waals surface area (Å²) in [5.74, 6) is -1.93. The van der Waals surface area contributed by atoms with Gasteiger partial charge < -0.3 is 34.5 Å². The van der Waals surface area contributed by atoms with Crippen molar-refractivity contribution >= 4 is 16.4 Å². The number of hydrogen-bond donors (Lipinski definition) is 3. The maximum absolute atomic E-state index is 10.4. The van der Waals surface area contributed by atoms with E-state index in [-0.39, 0.29) is 59.1 Å². The van der Waals surface area contributed by atoms with Crippen molar-refractivity contribution in [2.24, 2.45) is 0 Å². The number of hydrogen-bond acceptors (Lipinski definition) is 10. The first-order chi connectivity index (χ1) is 7.63. The molecule has 0 saturated carbocycles. The van der Waals surface area contributed by atoms with Gasteiger partial charge in [0, 0.05) is 0 Å². The Kier molecular flexibility index (Phi) is 10.1. The summed E-state index contributed by atoms with van der Waals surface area (Å²) >= 11 is 0. The van der Waals surface area contributed by atoms with Crippen LogP contribution in [0.2, 0.25) is 0 Å². The molecule has 3 N–H and O–H groups in total. The van der Waals surface area contributed by atoms with E-state index in [0.29, 0.717) is 0 Å². The van der Waals surface area contributed by atoms with Crippen LogP contribution in [0.4, 0.5) is 0 Å². The fourth-order valence-corrected chi connectivity index (χ4v) is 1.77. The van der Waals surface area contributed by atoms with Gasteiger partial charge in [-0.15, -0.1) is 0 Å². The van der Waals surface area contributed by atoms with E-state index in [9.17, 15) is 33.1 Å². The van der Waals surface area contributed by atoms with Gasteiger partial charge in [0.2, 0.25) is 10.4 Å². The Labute approximate surface area is 152 Å². The second kappa shape index (κ2) is 8.58. The zero-order valence-electron chi connectivity index (χ0n) is 9.99. The Balaban J connectivity index is 0. The molecule has 0 spiro atoms. The molecule has 0 unspecified atom stereocenters. The topological polar surface area (TPSA) is 176 Å². The predicted molar refractivity (Wildman–Crippen MR) is 42.5 cm³/mol. The van der Waals surface area contributed by atoms with E-state index in [2.05, 4.69) is 8.92 Å². The van der Waals surface area contributed by atoms with Crippen LogP contribution in [0.25, 0.3) is 0 Å². The van der Waals surface area contributed by atoms with Gasteiger partial charge in [-0.2, -0.15) is 0 Å². The van der Waals surface area contributed by atoms with E-state index in [0.717, 1.165) is 0 Å². The van der Waals surface area contributed by atoms with Gasteiger partial charge in [0.25, 0.3) is 0 Å². The van der Waals surface area contributed by atoms with Gasteiger partial charge in [0.05, 0.1) is 5.97 Å². The smallest absolute Gasteiger partial charge is 0.726 e. The first-order valence-electron chi connectivity index (χ1n) is 4.18. The number of rotatable bonds is 3. The van der Waals surface area contributed by atoms with Gasteiger partial charge in [0.15, 0.2) is 12.4 Å². The molecule has 0 bridgehead atoms. The Morgan fingerprint density at radius 1 is 1.16 bits per heavy atom. The van der Waals surface area contributed by atoms with E-state index in [1.807, 2.05) is 0 Å². The van der Waals surface area contributed by atoms with E-state index >= 15 is 0 Å². The van der Waals surface area contributed by atoms with Gasteiger partial charge in [-0.1, -0.05) is 0 Å². The molecule has 13 heteroatoms. The molecule has 0 radical (unpaired) electrons. The summed E-state index contributed by atoms with van der Waals surface area (Å²) in [5, 5.41) is 38.0. The summed E-state index contributed by atoms with van der Waals surface area (Å²) in [6.07, 6.45) is -10.7. The minimum Gasteiger partial charge on any atom is -0.726 e. The van der Waals surface area contributed by atoms with Crippen LogP contribution in [0.5, 0.6) is 0 Å². The van der Waals surface area contributed by atoms with E-state index in [4.69, 9.17) is 5.11 Å². The summed E-state index contributed by atoms with van der Waals surface area (Å²) in [7, 11) is -5.27. The molecule has 0 aliphatic carbocycles. The van der Waals surface area contributed by atoms with Crippen molar-refractivity contribution in [3.05, 3.63) is 0 Å². The maximum Gasteiger partial charge on any atom is 1.00 e. The summed E-state index contributed by atoms with van der Waals surface area (Å²) in [6, 6.07) is 0. The second-order valence-electron chi connectivity index (χ2n) is 3.22. The standard InChI is InChI=1S/C6H10O10S.2Na/c7-1-2(8)4(16-17(12,13)14)6(11)15-3(1)5(9)10;;/h1-4,6-8,11H,(H,9,10)(H,12,13,14);;/q;2*+1/p-2/t1-,2+,3+,4-,6+;;/m1../s1. The van der Waals surface area contributed by atoms with Crippen molar-refractivity contribution in [3.8, 4) is 0 Å². The number of carbonyl (C=O) groups is 1. The monoisotopic (exact) mass is 318 g/mol. The normalized spacial score (nSPS) is 34.8. The van der Waals surface area contributed by atoms with Gasteiger partial charge in [-0.25, -0.2) is 8.42 Å². The Morgan fingerprint density at radius 2 is 1.63 bits per heavy atom. The molecule has 1 aliphatic rings. The number of aliphatic hydroxyl groups excluding tert-OH is 3. The van der Waals surface area contributed by atoms with Crippen LogP contribution in [0, 0.1) is 0 Å². The quantitative estimate of drug-likeness (QED) is 0.257. The minimum absolute atomic E-state index is 0. The molecular formula is C6H8Na2O10S. The van der Waals surface area contributed by atoms with Crippen LogP contribution in [0.3, 0.4) is 0 Å². The number of ether oxygens (including phenoxy) is 1. The molecule has 10 nitrogen and oxygen atoms in total. The van der Waals surface area contributed by atoms with Crippen molar-refractivity contribution < 1.29 is 106 Å². The third kappa shape index (κ3) is 6.22. The molecule has 0 aromatic rings. The average Bonchev–Trinajstić information content (AvgIpc) is 2.16. The van der Waals surface area contributed by atoms with E-state index in [1.54, 1.807) is 0 Å². The summed E-state index contributed by atoms with van der Waals surface area (Å²) in [6.45, 7) is 0. The van der Waals surface area contributed by atoms with Gasteiger partial charge in [0.1, 0.15) is 18.3 Å². The van der Waals surface area contributed by atoms with Gasteiger partial charge in [-0.05, 0) is 0 Å². The van der Waals surface area contributed by atoms with Crippen LogP contribution in [0.15, 0.2) is 0 Å². The maximum atomic E-state index is 10.4. The molecule has 1 fully saturated rings. The third-order valence-electron chi connectivity index (χ3n) is 2.03. The number of aliphatic carboxylic acids is 1. The molecule has 100 valence electrons. The van der Waals surface area contributed by atoms with Crippen LogP contribution in [-0.4, -0.2) is 65.0 Å². The number of carboxylic acids is 1. The molecule has 5 atom stereocenters. The van der Waals surface area contributed by atoms with Crippen molar-refractivity contribution in [2.75, 3.05) is 0 Å². The average molecular weight is 318 g/mol. The van der Waals surface area contributed by atoms with E-state index < -0.39 is 47.1 Å². The van der Waals surface area contributed by atoms with Crippen LogP contribution in [-0.2, 0) is 24.1 Å². The van der Waals surface area contributed by atoms with E-state index in [1.165, 1.54) is 0 Å². The molecule has 1 aliphatic heterocycles. The van der Waals surface area contributed by atoms with Crippen LogP contribution >= 0.6 is 0 Å². The molecule has 19 heavy (non-hydrogen) atoms. The van der Waals surface area contributed by atoms with Crippen molar-refractivity contribution in [1.29, 1.82) is 0 Å². The molecule has 0 aromatic carbocycles.